The molecule has 0 radical (unpaired) electrons. The number of anilines is 1. The van der Waals surface area contributed by atoms with Crippen LogP contribution < -0.4 is 5.32 Å². The number of hydrogen-bond donors (Lipinski definition) is 1. The van der Waals surface area contributed by atoms with Gasteiger partial charge in [-0.05, 0) is 26.0 Å². The van der Waals surface area contributed by atoms with E-state index in [9.17, 15) is 4.79 Å². The van der Waals surface area contributed by atoms with E-state index in [0.29, 0.717) is 11.6 Å². The van der Waals surface area contributed by atoms with Gasteiger partial charge in [0.25, 0.3) is 0 Å². The molecule has 1 N–H and O–H groups in total. The molecule has 1 unspecified atom stereocenters. The van der Waals surface area contributed by atoms with Crippen LogP contribution in [0.15, 0.2) is 45.8 Å². The summed E-state index contributed by atoms with van der Waals surface area (Å²) in [5.41, 5.74) is 0. The van der Waals surface area contributed by atoms with E-state index in [1.54, 1.807) is 13.0 Å². The second-order valence-corrected chi connectivity index (χ2v) is 5.30. The molecule has 4 nitrogen and oxygen atoms in total. The lowest BCUT2D eigenvalue weighted by atomic mass is 10.4. The van der Waals surface area contributed by atoms with Crippen LogP contribution in [0.4, 0.5) is 5.82 Å². The standard InChI is InChI=1S/C13H14N2O2S/c1-9-8-12(15-17-9)14-13(16)10(2)18-11-6-4-3-5-7-11/h3-8,10H,1-2H3,(H,14,15,16). The van der Waals surface area contributed by atoms with Gasteiger partial charge >= 0.3 is 0 Å². The van der Waals surface area contributed by atoms with Crippen molar-refractivity contribution in [1.82, 2.24) is 5.16 Å². The van der Waals surface area contributed by atoms with Crippen LogP contribution in [0.3, 0.4) is 0 Å². The lowest BCUT2D eigenvalue weighted by Gasteiger charge is -2.09. The maximum Gasteiger partial charge on any atom is 0.238 e. The average molecular weight is 262 g/mol. The van der Waals surface area contributed by atoms with E-state index in [2.05, 4.69) is 10.5 Å². The molecule has 1 atom stereocenters. The predicted octanol–water partition coefficient (Wildman–Crippen LogP) is 3.10. The third-order valence-electron chi connectivity index (χ3n) is 2.30. The van der Waals surface area contributed by atoms with E-state index >= 15 is 0 Å². The summed E-state index contributed by atoms with van der Waals surface area (Å²) in [7, 11) is 0. The fourth-order valence-electron chi connectivity index (χ4n) is 1.41. The molecule has 0 aliphatic carbocycles. The van der Waals surface area contributed by atoms with Gasteiger partial charge in [-0.1, -0.05) is 23.4 Å². The minimum absolute atomic E-state index is 0.0860. The molecule has 94 valence electrons. The van der Waals surface area contributed by atoms with Crippen molar-refractivity contribution in [1.29, 1.82) is 0 Å². The Morgan fingerprint density at radius 3 is 2.72 bits per heavy atom. The Morgan fingerprint density at radius 1 is 1.39 bits per heavy atom. The number of thioether (sulfide) groups is 1. The number of aromatic nitrogens is 1. The number of amides is 1. The monoisotopic (exact) mass is 262 g/mol. The van der Waals surface area contributed by atoms with E-state index in [4.69, 9.17) is 4.52 Å². The maximum atomic E-state index is 11.9. The average Bonchev–Trinajstić information content (AvgIpc) is 2.76. The van der Waals surface area contributed by atoms with Gasteiger partial charge in [-0.3, -0.25) is 4.79 Å². The Bertz CT molecular complexity index is 525. The molecule has 0 aliphatic heterocycles. The molecule has 2 aromatic rings. The molecule has 1 amide bonds. The molecule has 0 saturated carbocycles. The molecule has 1 aromatic heterocycles. The van der Waals surface area contributed by atoms with Gasteiger partial charge in [-0.15, -0.1) is 11.8 Å². The summed E-state index contributed by atoms with van der Waals surface area (Å²) in [5.74, 6) is 1.05. The number of rotatable bonds is 4. The van der Waals surface area contributed by atoms with Crippen LogP contribution in [0.1, 0.15) is 12.7 Å². The predicted molar refractivity (Wildman–Crippen MR) is 71.6 cm³/mol. The molecule has 1 heterocycles. The third-order valence-corrected chi connectivity index (χ3v) is 3.42. The molecule has 1 aromatic carbocycles. The Kier molecular flexibility index (Phi) is 4.04. The minimum Gasteiger partial charge on any atom is -0.360 e. The molecule has 0 saturated heterocycles. The quantitative estimate of drug-likeness (QED) is 0.860. The van der Waals surface area contributed by atoms with Crippen LogP contribution in [-0.4, -0.2) is 16.3 Å². The van der Waals surface area contributed by atoms with Gasteiger partial charge in [0.05, 0.1) is 5.25 Å². The minimum atomic E-state index is -0.190. The SMILES string of the molecule is Cc1cc(NC(=O)C(C)Sc2ccccc2)no1. The van der Waals surface area contributed by atoms with Crippen LogP contribution in [0, 0.1) is 6.92 Å². The van der Waals surface area contributed by atoms with Crippen molar-refractivity contribution >= 4 is 23.5 Å². The third kappa shape index (κ3) is 3.37. The van der Waals surface area contributed by atoms with Crippen molar-refractivity contribution < 1.29 is 9.32 Å². The Hall–Kier alpha value is -1.75. The normalized spacial score (nSPS) is 12.1. The number of nitrogens with one attached hydrogen (secondary N) is 1. The first-order valence-electron chi connectivity index (χ1n) is 5.61. The van der Waals surface area contributed by atoms with Crippen LogP contribution in [0.25, 0.3) is 0 Å². The van der Waals surface area contributed by atoms with Gasteiger partial charge in [0, 0.05) is 11.0 Å². The molecule has 0 fully saturated rings. The molecule has 0 aliphatic rings. The summed E-state index contributed by atoms with van der Waals surface area (Å²) in [6.07, 6.45) is 0. The van der Waals surface area contributed by atoms with Gasteiger partial charge in [0.1, 0.15) is 5.76 Å². The highest BCUT2D eigenvalue weighted by atomic mass is 32.2. The first-order chi connectivity index (χ1) is 8.65. The maximum absolute atomic E-state index is 11.9. The molecular formula is C13H14N2O2S. The largest absolute Gasteiger partial charge is 0.360 e. The van der Waals surface area contributed by atoms with Gasteiger partial charge in [0.2, 0.25) is 5.91 Å². The second kappa shape index (κ2) is 5.73. The summed E-state index contributed by atoms with van der Waals surface area (Å²) >= 11 is 1.51. The zero-order valence-electron chi connectivity index (χ0n) is 10.2. The molecule has 0 spiro atoms. The highest BCUT2D eigenvalue weighted by Crippen LogP contribution is 2.23. The van der Waals surface area contributed by atoms with Gasteiger partial charge in [-0.25, -0.2) is 0 Å². The fourth-order valence-corrected chi connectivity index (χ4v) is 2.30. The zero-order chi connectivity index (χ0) is 13.0. The van der Waals surface area contributed by atoms with E-state index < -0.39 is 0 Å². The Morgan fingerprint density at radius 2 is 2.11 bits per heavy atom. The van der Waals surface area contributed by atoms with Gasteiger partial charge in [-0.2, -0.15) is 0 Å². The first-order valence-corrected chi connectivity index (χ1v) is 6.49. The number of aryl methyl sites for hydroxylation is 1. The van der Waals surface area contributed by atoms with E-state index in [1.165, 1.54) is 11.8 Å². The molecule has 2 rings (SSSR count). The van der Waals surface area contributed by atoms with Crippen molar-refractivity contribution in [3.05, 3.63) is 42.2 Å². The summed E-state index contributed by atoms with van der Waals surface area (Å²) < 4.78 is 4.89. The van der Waals surface area contributed by atoms with Crippen molar-refractivity contribution in [2.45, 2.75) is 24.0 Å². The van der Waals surface area contributed by atoms with Gasteiger partial charge < -0.3 is 9.84 Å². The number of hydrogen-bond acceptors (Lipinski definition) is 4. The van der Waals surface area contributed by atoms with Crippen LogP contribution in [0.5, 0.6) is 0 Å². The zero-order valence-corrected chi connectivity index (χ0v) is 11.0. The number of nitrogens with zero attached hydrogens (tertiary/aromatic N) is 1. The fraction of sp³-hybridized carbons (Fsp3) is 0.231. The summed E-state index contributed by atoms with van der Waals surface area (Å²) in [6.45, 7) is 3.64. The van der Waals surface area contributed by atoms with Crippen LogP contribution in [0.2, 0.25) is 0 Å². The molecule has 5 heteroatoms. The Balaban J connectivity index is 1.93. The van der Waals surface area contributed by atoms with Crippen LogP contribution >= 0.6 is 11.8 Å². The lowest BCUT2D eigenvalue weighted by molar-refractivity contribution is -0.115. The Labute approximate surface area is 110 Å². The second-order valence-electron chi connectivity index (χ2n) is 3.89. The number of benzene rings is 1. The van der Waals surface area contributed by atoms with Crippen molar-refractivity contribution in [2.75, 3.05) is 5.32 Å². The van der Waals surface area contributed by atoms with E-state index in [0.717, 1.165) is 4.90 Å². The smallest absolute Gasteiger partial charge is 0.238 e. The van der Waals surface area contributed by atoms with Crippen molar-refractivity contribution in [2.24, 2.45) is 0 Å². The molecular weight excluding hydrogens is 248 g/mol. The number of carbonyl (C=O) groups is 1. The number of carbonyl (C=O) groups excluding carboxylic acids is 1. The van der Waals surface area contributed by atoms with E-state index in [1.807, 2.05) is 37.3 Å². The van der Waals surface area contributed by atoms with Crippen molar-refractivity contribution in [3.63, 3.8) is 0 Å². The highest BCUT2D eigenvalue weighted by Gasteiger charge is 2.15. The molecule has 0 bridgehead atoms. The van der Waals surface area contributed by atoms with E-state index in [-0.39, 0.29) is 11.2 Å². The van der Waals surface area contributed by atoms with Gasteiger partial charge in [0.15, 0.2) is 5.82 Å². The highest BCUT2D eigenvalue weighted by molar-refractivity contribution is 8.00. The summed E-state index contributed by atoms with van der Waals surface area (Å²) in [6, 6.07) is 11.5. The van der Waals surface area contributed by atoms with Crippen LogP contribution in [-0.2, 0) is 4.79 Å². The first kappa shape index (κ1) is 12.7. The summed E-state index contributed by atoms with van der Waals surface area (Å²) in [5, 5.41) is 6.26. The lowest BCUT2D eigenvalue weighted by Crippen LogP contribution is -2.22. The molecule has 18 heavy (non-hydrogen) atoms. The topological polar surface area (TPSA) is 55.1 Å². The van der Waals surface area contributed by atoms with Crippen molar-refractivity contribution in [3.8, 4) is 0 Å². The summed E-state index contributed by atoms with van der Waals surface area (Å²) in [4.78, 5) is 13.0.